The number of hydrogen-bond acceptors (Lipinski definition) is 3. The molecule has 1 aromatic carbocycles. The van der Waals surface area contributed by atoms with Crippen molar-refractivity contribution in [3.63, 3.8) is 0 Å². The molecule has 3 rings (SSSR count). The van der Waals surface area contributed by atoms with Gasteiger partial charge in [0.15, 0.2) is 0 Å². The molecule has 1 aliphatic carbocycles. The van der Waals surface area contributed by atoms with E-state index in [1.165, 1.54) is 31.4 Å². The molecule has 1 heterocycles. The van der Waals surface area contributed by atoms with Crippen LogP contribution >= 0.6 is 0 Å². The largest absolute Gasteiger partial charge is 0.372 e. The number of hydrogen-bond donors (Lipinski definition) is 2. The van der Waals surface area contributed by atoms with Crippen LogP contribution < -0.4 is 16.0 Å². The first kappa shape index (κ1) is 14.4. The SMILES string of the molecule is NC1(C(=O)Nc2ccc(N3CCCCCC3)cc2)CCC1. The second-order valence-electron chi connectivity index (χ2n) is 6.41. The predicted octanol–water partition coefficient (Wildman–Crippen LogP) is 2.89. The highest BCUT2D eigenvalue weighted by Crippen LogP contribution is 2.30. The predicted molar refractivity (Wildman–Crippen MR) is 86.5 cm³/mol. The third kappa shape index (κ3) is 3.21. The van der Waals surface area contributed by atoms with E-state index in [0.29, 0.717) is 0 Å². The first-order valence-corrected chi connectivity index (χ1v) is 8.13. The van der Waals surface area contributed by atoms with Gasteiger partial charge in [-0.3, -0.25) is 4.79 Å². The van der Waals surface area contributed by atoms with Crippen LogP contribution in [0.3, 0.4) is 0 Å². The van der Waals surface area contributed by atoms with Crippen LogP contribution in [0.5, 0.6) is 0 Å². The Morgan fingerprint density at radius 3 is 2.14 bits per heavy atom. The quantitative estimate of drug-likeness (QED) is 0.898. The van der Waals surface area contributed by atoms with Gasteiger partial charge >= 0.3 is 0 Å². The monoisotopic (exact) mass is 287 g/mol. The fraction of sp³-hybridized carbons (Fsp3) is 0.588. The number of carbonyl (C=O) groups excluding carboxylic acids is 1. The third-order valence-electron chi connectivity index (χ3n) is 4.79. The second-order valence-corrected chi connectivity index (χ2v) is 6.41. The van der Waals surface area contributed by atoms with Gasteiger partial charge in [-0.1, -0.05) is 12.8 Å². The minimum Gasteiger partial charge on any atom is -0.372 e. The highest BCUT2D eigenvalue weighted by molar-refractivity contribution is 5.98. The van der Waals surface area contributed by atoms with Crippen LogP contribution in [0.25, 0.3) is 0 Å². The van der Waals surface area contributed by atoms with Gasteiger partial charge in [0.05, 0.1) is 5.54 Å². The smallest absolute Gasteiger partial charge is 0.244 e. The average Bonchev–Trinajstić information content (AvgIpc) is 2.74. The molecule has 0 atom stereocenters. The van der Waals surface area contributed by atoms with Gasteiger partial charge in [-0.25, -0.2) is 0 Å². The van der Waals surface area contributed by atoms with Gasteiger partial charge in [-0.15, -0.1) is 0 Å². The van der Waals surface area contributed by atoms with Gasteiger partial charge in [-0.2, -0.15) is 0 Å². The Bertz CT molecular complexity index is 485. The zero-order valence-electron chi connectivity index (χ0n) is 12.6. The van der Waals surface area contributed by atoms with E-state index in [2.05, 4.69) is 22.3 Å². The van der Waals surface area contributed by atoms with Crippen LogP contribution in [0.4, 0.5) is 11.4 Å². The first-order chi connectivity index (χ1) is 10.2. The Hall–Kier alpha value is -1.55. The maximum atomic E-state index is 12.1. The number of benzene rings is 1. The van der Waals surface area contributed by atoms with Crippen LogP contribution in [-0.4, -0.2) is 24.5 Å². The summed E-state index contributed by atoms with van der Waals surface area (Å²) in [7, 11) is 0. The fourth-order valence-corrected chi connectivity index (χ4v) is 3.12. The van der Waals surface area contributed by atoms with E-state index in [-0.39, 0.29) is 5.91 Å². The van der Waals surface area contributed by atoms with Crippen molar-refractivity contribution in [2.24, 2.45) is 5.73 Å². The van der Waals surface area contributed by atoms with Crippen LogP contribution in [-0.2, 0) is 4.79 Å². The fourth-order valence-electron chi connectivity index (χ4n) is 3.12. The van der Waals surface area contributed by atoms with Gasteiger partial charge < -0.3 is 16.0 Å². The van der Waals surface area contributed by atoms with Gasteiger partial charge in [-0.05, 0) is 56.4 Å². The number of nitrogens with one attached hydrogen (secondary N) is 1. The van der Waals surface area contributed by atoms with Crippen LogP contribution in [0.2, 0.25) is 0 Å². The van der Waals surface area contributed by atoms with Gasteiger partial charge in [0.25, 0.3) is 0 Å². The zero-order chi connectivity index (χ0) is 14.7. The first-order valence-electron chi connectivity index (χ1n) is 8.13. The molecule has 1 saturated heterocycles. The molecule has 3 N–H and O–H groups in total. The van der Waals surface area contributed by atoms with Crippen molar-refractivity contribution in [1.29, 1.82) is 0 Å². The molecule has 114 valence electrons. The summed E-state index contributed by atoms with van der Waals surface area (Å²) in [5.74, 6) is -0.0451. The summed E-state index contributed by atoms with van der Waals surface area (Å²) in [6.07, 6.45) is 7.86. The van der Waals surface area contributed by atoms with E-state index >= 15 is 0 Å². The van der Waals surface area contributed by atoms with Crippen molar-refractivity contribution < 1.29 is 4.79 Å². The van der Waals surface area contributed by atoms with Crippen molar-refractivity contribution in [3.05, 3.63) is 24.3 Å². The molecule has 2 fully saturated rings. The normalized spacial score (nSPS) is 21.3. The maximum absolute atomic E-state index is 12.1. The van der Waals surface area contributed by atoms with Crippen molar-refractivity contribution in [1.82, 2.24) is 0 Å². The van der Waals surface area contributed by atoms with Crippen molar-refractivity contribution in [3.8, 4) is 0 Å². The van der Waals surface area contributed by atoms with Crippen LogP contribution in [0.1, 0.15) is 44.9 Å². The molecule has 0 spiro atoms. The molecule has 1 saturated carbocycles. The van der Waals surface area contributed by atoms with Gasteiger partial charge in [0, 0.05) is 24.5 Å². The van der Waals surface area contributed by atoms with E-state index in [4.69, 9.17) is 5.73 Å². The Morgan fingerprint density at radius 2 is 1.62 bits per heavy atom. The second kappa shape index (κ2) is 6.06. The topological polar surface area (TPSA) is 58.4 Å². The molecule has 0 unspecified atom stereocenters. The van der Waals surface area contributed by atoms with Crippen LogP contribution in [0.15, 0.2) is 24.3 Å². The Labute approximate surface area is 126 Å². The standard InChI is InChI=1S/C17H25N3O/c18-17(10-5-11-17)16(21)19-14-6-8-15(9-7-14)20-12-3-1-2-4-13-20/h6-9H,1-5,10-13,18H2,(H,19,21). The number of anilines is 2. The van der Waals surface area contributed by atoms with Gasteiger partial charge in [0.2, 0.25) is 5.91 Å². The Kier molecular flexibility index (Phi) is 4.15. The molecular formula is C17H25N3O. The van der Waals surface area contributed by atoms with E-state index in [9.17, 15) is 4.79 Å². The molecular weight excluding hydrogens is 262 g/mol. The Balaban J connectivity index is 1.62. The van der Waals surface area contributed by atoms with Crippen molar-refractivity contribution in [2.75, 3.05) is 23.3 Å². The summed E-state index contributed by atoms with van der Waals surface area (Å²) in [5.41, 5.74) is 7.50. The number of carbonyl (C=O) groups is 1. The minimum absolute atomic E-state index is 0.0451. The summed E-state index contributed by atoms with van der Waals surface area (Å²) in [4.78, 5) is 14.5. The lowest BCUT2D eigenvalue weighted by molar-refractivity contribution is -0.123. The van der Waals surface area contributed by atoms with Crippen molar-refractivity contribution >= 4 is 17.3 Å². The molecule has 4 nitrogen and oxygen atoms in total. The lowest BCUT2D eigenvalue weighted by Crippen LogP contribution is -2.56. The number of nitrogens with zero attached hydrogens (tertiary/aromatic N) is 1. The molecule has 1 amide bonds. The minimum atomic E-state index is -0.635. The summed E-state index contributed by atoms with van der Waals surface area (Å²) in [6.45, 7) is 2.27. The molecule has 0 aromatic heterocycles. The van der Waals surface area contributed by atoms with E-state index in [1.54, 1.807) is 0 Å². The number of nitrogens with two attached hydrogens (primary N) is 1. The number of rotatable bonds is 3. The molecule has 21 heavy (non-hydrogen) atoms. The van der Waals surface area contributed by atoms with E-state index in [1.807, 2.05) is 12.1 Å². The number of amides is 1. The summed E-state index contributed by atoms with van der Waals surface area (Å²) >= 11 is 0. The highest BCUT2D eigenvalue weighted by Gasteiger charge is 2.40. The molecule has 1 aliphatic heterocycles. The van der Waals surface area contributed by atoms with Gasteiger partial charge in [0.1, 0.15) is 0 Å². The molecule has 0 bridgehead atoms. The molecule has 1 aromatic rings. The van der Waals surface area contributed by atoms with E-state index in [0.717, 1.165) is 38.0 Å². The van der Waals surface area contributed by atoms with E-state index < -0.39 is 5.54 Å². The summed E-state index contributed by atoms with van der Waals surface area (Å²) < 4.78 is 0. The zero-order valence-corrected chi connectivity index (χ0v) is 12.6. The lowest BCUT2D eigenvalue weighted by atomic mass is 9.77. The Morgan fingerprint density at radius 1 is 1.00 bits per heavy atom. The highest BCUT2D eigenvalue weighted by atomic mass is 16.2. The maximum Gasteiger partial charge on any atom is 0.244 e. The summed E-state index contributed by atoms with van der Waals surface area (Å²) in [5, 5.41) is 2.94. The third-order valence-corrected chi connectivity index (χ3v) is 4.79. The van der Waals surface area contributed by atoms with Crippen LogP contribution in [0, 0.1) is 0 Å². The summed E-state index contributed by atoms with van der Waals surface area (Å²) in [6, 6.07) is 8.18. The van der Waals surface area contributed by atoms with Crippen molar-refractivity contribution in [2.45, 2.75) is 50.5 Å². The lowest BCUT2D eigenvalue weighted by Gasteiger charge is -2.36. The molecule has 4 heteroatoms. The molecule has 2 aliphatic rings. The molecule has 0 radical (unpaired) electrons. The average molecular weight is 287 g/mol.